The molecular formula is C16H20N4O4S. The summed E-state index contributed by atoms with van der Waals surface area (Å²) in [7, 11) is 0. The second kappa shape index (κ2) is 11.9. The van der Waals surface area contributed by atoms with Crippen LogP contribution < -0.4 is 5.32 Å². The molecule has 1 atom stereocenters. The molecule has 0 saturated heterocycles. The average molecular weight is 364 g/mol. The lowest BCUT2D eigenvalue weighted by Crippen LogP contribution is -2.40. The molecule has 1 amide bonds. The molecule has 9 heteroatoms. The van der Waals surface area contributed by atoms with Gasteiger partial charge >= 0.3 is 5.97 Å². The van der Waals surface area contributed by atoms with Crippen LogP contribution in [0.4, 0.5) is 0 Å². The number of carboxylic acids is 1. The molecule has 0 aromatic heterocycles. The van der Waals surface area contributed by atoms with Crippen molar-refractivity contribution in [1.29, 1.82) is 0 Å². The highest BCUT2D eigenvalue weighted by Crippen LogP contribution is 2.20. The largest absolute Gasteiger partial charge is 0.480 e. The molecule has 1 aromatic rings. The number of benzene rings is 1. The summed E-state index contributed by atoms with van der Waals surface area (Å²) >= 11 is 1.05. The number of thioether (sulfide) groups is 1. The van der Waals surface area contributed by atoms with Crippen molar-refractivity contribution in [3.05, 3.63) is 40.8 Å². The van der Waals surface area contributed by atoms with Gasteiger partial charge < -0.3 is 10.4 Å². The first-order valence-electron chi connectivity index (χ1n) is 7.81. The van der Waals surface area contributed by atoms with Gasteiger partial charge in [0.2, 0.25) is 5.91 Å². The molecule has 0 spiro atoms. The zero-order valence-corrected chi connectivity index (χ0v) is 14.4. The van der Waals surface area contributed by atoms with Crippen LogP contribution >= 0.6 is 11.8 Å². The van der Waals surface area contributed by atoms with Crippen molar-refractivity contribution in [3.8, 4) is 0 Å². The normalized spacial score (nSPS) is 11.2. The van der Waals surface area contributed by atoms with Crippen molar-refractivity contribution in [2.45, 2.75) is 43.0 Å². The molecule has 0 aliphatic heterocycles. The molecular weight excluding hydrogens is 344 g/mol. The zero-order chi connectivity index (χ0) is 18.5. The molecule has 8 nitrogen and oxygen atoms in total. The summed E-state index contributed by atoms with van der Waals surface area (Å²) in [6.07, 6.45) is 1.30. The Balaban J connectivity index is 2.35. The van der Waals surface area contributed by atoms with Crippen molar-refractivity contribution in [2.75, 3.05) is 6.54 Å². The molecule has 1 rings (SSSR count). The molecule has 134 valence electrons. The zero-order valence-electron chi connectivity index (χ0n) is 13.6. The smallest absolute Gasteiger partial charge is 0.326 e. The maximum absolute atomic E-state index is 11.9. The second-order valence-corrected chi connectivity index (χ2v) is 6.33. The minimum atomic E-state index is -1.17. The Morgan fingerprint density at radius 3 is 2.56 bits per heavy atom. The van der Waals surface area contributed by atoms with Gasteiger partial charge in [-0.25, -0.2) is 4.79 Å². The number of rotatable bonds is 11. The third-order valence-electron chi connectivity index (χ3n) is 3.22. The van der Waals surface area contributed by atoms with Crippen LogP contribution in [0.3, 0.4) is 0 Å². The lowest BCUT2D eigenvalue weighted by atomic mass is 10.1. The fraction of sp³-hybridized carbons (Fsp3) is 0.438. The van der Waals surface area contributed by atoms with Gasteiger partial charge in [0.15, 0.2) is 5.12 Å². The molecule has 0 aliphatic rings. The Bertz CT molecular complexity index is 632. The number of aliphatic carboxylic acids is 1. The van der Waals surface area contributed by atoms with Gasteiger partial charge in [0, 0.05) is 29.2 Å². The number of unbranched alkanes of at least 4 members (excludes halogenated alkanes) is 1. The van der Waals surface area contributed by atoms with Crippen LogP contribution in [0.2, 0.25) is 0 Å². The van der Waals surface area contributed by atoms with E-state index in [0.717, 1.165) is 16.7 Å². The van der Waals surface area contributed by atoms with Crippen molar-refractivity contribution in [2.24, 2.45) is 5.11 Å². The van der Waals surface area contributed by atoms with Crippen molar-refractivity contribution < 1.29 is 19.5 Å². The predicted molar refractivity (Wildman–Crippen MR) is 94.0 cm³/mol. The molecule has 0 radical (unpaired) electrons. The van der Waals surface area contributed by atoms with Gasteiger partial charge in [-0.3, -0.25) is 9.59 Å². The second-order valence-electron chi connectivity index (χ2n) is 5.20. The number of azide groups is 1. The van der Waals surface area contributed by atoms with Gasteiger partial charge in [-0.1, -0.05) is 35.1 Å². The number of hydrogen-bond acceptors (Lipinski definition) is 5. The molecule has 0 saturated carbocycles. The highest BCUT2D eigenvalue weighted by Gasteiger charge is 2.21. The van der Waals surface area contributed by atoms with E-state index in [9.17, 15) is 19.5 Å². The summed E-state index contributed by atoms with van der Waals surface area (Å²) in [6, 6.07) is 7.99. The lowest BCUT2D eigenvalue weighted by Gasteiger charge is -2.14. The van der Waals surface area contributed by atoms with Gasteiger partial charge in [-0.05, 0) is 36.9 Å². The summed E-state index contributed by atoms with van der Waals surface area (Å²) in [5.74, 6) is -1.56. The van der Waals surface area contributed by atoms with E-state index in [0.29, 0.717) is 19.4 Å². The molecule has 0 bridgehead atoms. The van der Waals surface area contributed by atoms with E-state index in [1.165, 1.54) is 0 Å². The lowest BCUT2D eigenvalue weighted by molar-refractivity contribution is -0.142. The van der Waals surface area contributed by atoms with Crippen LogP contribution in [0.25, 0.3) is 10.4 Å². The standard InChI is InChI=1S/C16H20N4O4S/c17-20-18-11-5-4-8-14(21)19-13(16(23)24)9-10-15(22)25-12-6-2-1-3-7-12/h1-3,6-7,13H,4-5,8-11H2,(H,19,21)(H,23,24)/t13-/m0/s1. The number of hydrogen-bond donors (Lipinski definition) is 2. The minimum absolute atomic E-state index is 0.0401. The fourth-order valence-corrected chi connectivity index (χ4v) is 2.75. The first-order chi connectivity index (χ1) is 12.0. The van der Waals surface area contributed by atoms with E-state index < -0.39 is 17.9 Å². The summed E-state index contributed by atoms with van der Waals surface area (Å²) in [5.41, 5.74) is 8.14. The van der Waals surface area contributed by atoms with E-state index in [4.69, 9.17) is 5.53 Å². The van der Waals surface area contributed by atoms with Gasteiger partial charge in [0.1, 0.15) is 6.04 Å². The van der Waals surface area contributed by atoms with Gasteiger partial charge in [-0.2, -0.15) is 0 Å². The van der Waals surface area contributed by atoms with Gasteiger partial charge in [-0.15, -0.1) is 0 Å². The van der Waals surface area contributed by atoms with Crippen molar-refractivity contribution in [3.63, 3.8) is 0 Å². The number of carboxylic acid groups (broad SMARTS) is 1. The summed E-state index contributed by atoms with van der Waals surface area (Å²) < 4.78 is 0. The van der Waals surface area contributed by atoms with E-state index >= 15 is 0 Å². The number of carbonyl (C=O) groups excluding carboxylic acids is 2. The van der Waals surface area contributed by atoms with E-state index in [1.807, 2.05) is 18.2 Å². The third kappa shape index (κ3) is 9.39. The highest BCUT2D eigenvalue weighted by atomic mass is 32.2. The fourth-order valence-electron chi connectivity index (χ4n) is 1.97. The summed E-state index contributed by atoms with van der Waals surface area (Å²) in [6.45, 7) is 0.303. The Kier molecular flexibility index (Phi) is 9.81. The summed E-state index contributed by atoms with van der Waals surface area (Å²) in [5, 5.41) is 14.8. The molecule has 0 unspecified atom stereocenters. The first kappa shape index (κ1) is 20.5. The van der Waals surface area contributed by atoms with Crippen LogP contribution in [0.15, 0.2) is 40.3 Å². The number of nitrogens with one attached hydrogen (secondary N) is 1. The predicted octanol–water partition coefficient (Wildman–Crippen LogP) is 3.14. The van der Waals surface area contributed by atoms with Crippen LogP contribution in [0, 0.1) is 0 Å². The van der Waals surface area contributed by atoms with Crippen LogP contribution in [0.1, 0.15) is 32.1 Å². The maximum Gasteiger partial charge on any atom is 0.326 e. The maximum atomic E-state index is 11.9. The quantitative estimate of drug-likeness (QED) is 0.205. The van der Waals surface area contributed by atoms with Gasteiger partial charge in [0.25, 0.3) is 0 Å². The minimum Gasteiger partial charge on any atom is -0.480 e. The monoisotopic (exact) mass is 364 g/mol. The highest BCUT2D eigenvalue weighted by molar-refractivity contribution is 8.13. The topological polar surface area (TPSA) is 132 Å². The average Bonchev–Trinajstić information content (AvgIpc) is 2.59. The first-order valence-corrected chi connectivity index (χ1v) is 8.63. The Hall–Kier alpha value is -2.51. The Labute approximate surface area is 149 Å². The van der Waals surface area contributed by atoms with Crippen molar-refractivity contribution in [1.82, 2.24) is 5.32 Å². The van der Waals surface area contributed by atoms with Crippen LogP contribution in [0.5, 0.6) is 0 Å². The molecule has 0 fully saturated rings. The summed E-state index contributed by atoms with van der Waals surface area (Å²) in [4.78, 5) is 38.3. The Morgan fingerprint density at radius 2 is 1.92 bits per heavy atom. The van der Waals surface area contributed by atoms with Crippen molar-refractivity contribution >= 4 is 28.8 Å². The molecule has 2 N–H and O–H groups in total. The molecule has 0 heterocycles. The number of nitrogens with zero attached hydrogens (tertiary/aromatic N) is 3. The third-order valence-corrected chi connectivity index (χ3v) is 4.16. The molecule has 25 heavy (non-hydrogen) atoms. The Morgan fingerprint density at radius 1 is 1.20 bits per heavy atom. The van der Waals surface area contributed by atoms with Gasteiger partial charge in [0.05, 0.1) is 0 Å². The molecule has 0 aliphatic carbocycles. The molecule has 1 aromatic carbocycles. The number of carbonyl (C=O) groups is 3. The van der Waals surface area contributed by atoms with E-state index in [-0.39, 0.29) is 24.4 Å². The van der Waals surface area contributed by atoms with Crippen LogP contribution in [-0.4, -0.2) is 34.7 Å². The van der Waals surface area contributed by atoms with Crippen LogP contribution in [-0.2, 0) is 14.4 Å². The van der Waals surface area contributed by atoms with E-state index in [2.05, 4.69) is 15.3 Å². The SMILES string of the molecule is [N-]=[N+]=NCCCCC(=O)N[C@@H](CCC(=O)Sc1ccccc1)C(=O)O. The van der Waals surface area contributed by atoms with E-state index in [1.54, 1.807) is 12.1 Å². The number of amides is 1.